The van der Waals surface area contributed by atoms with Crippen LogP contribution in [0.25, 0.3) is 0 Å². The Morgan fingerprint density at radius 1 is 1.24 bits per heavy atom. The van der Waals surface area contributed by atoms with Crippen LogP contribution in [-0.4, -0.2) is 21.0 Å². The number of carbonyl (C=O) groups is 1. The number of amides is 1. The molecular weight excluding hydrogens is 384 g/mol. The van der Waals surface area contributed by atoms with Crippen molar-refractivity contribution in [3.8, 4) is 0 Å². The van der Waals surface area contributed by atoms with Crippen molar-refractivity contribution in [2.45, 2.75) is 49.3 Å². The van der Waals surface area contributed by atoms with Crippen molar-refractivity contribution in [3.05, 3.63) is 71.6 Å². The second-order valence-electron chi connectivity index (χ2n) is 7.63. The molecule has 1 unspecified atom stereocenters. The standard InChI is InChI=1S/C22H24N4O2S/c1-14(2)19(22-25-20(26-28-22)16-5-6-16)24-21(27)17-7-9-18(10-8-17)29-13-15-4-3-11-23-12-15/h3-4,7-12,14,16,19H,5-6,13H2,1-2H3,(H,24,27). The topological polar surface area (TPSA) is 80.9 Å². The summed E-state index contributed by atoms with van der Waals surface area (Å²) in [7, 11) is 0. The van der Waals surface area contributed by atoms with Crippen LogP contribution in [0.15, 0.2) is 58.2 Å². The minimum absolute atomic E-state index is 0.140. The Kier molecular flexibility index (Phi) is 5.94. The Bertz CT molecular complexity index is 952. The first-order chi connectivity index (χ1) is 14.1. The third-order valence-electron chi connectivity index (χ3n) is 4.86. The zero-order valence-electron chi connectivity index (χ0n) is 16.5. The maximum Gasteiger partial charge on any atom is 0.251 e. The van der Waals surface area contributed by atoms with Gasteiger partial charge in [-0.1, -0.05) is 25.1 Å². The van der Waals surface area contributed by atoms with E-state index < -0.39 is 0 Å². The lowest BCUT2D eigenvalue weighted by atomic mass is 10.0. The summed E-state index contributed by atoms with van der Waals surface area (Å²) < 4.78 is 5.43. The van der Waals surface area contributed by atoms with Gasteiger partial charge in [0.15, 0.2) is 5.82 Å². The van der Waals surface area contributed by atoms with Crippen LogP contribution in [0.1, 0.15) is 66.3 Å². The Labute approximate surface area is 174 Å². The molecule has 2 aromatic heterocycles. The van der Waals surface area contributed by atoms with E-state index in [0.717, 1.165) is 29.3 Å². The maximum absolute atomic E-state index is 12.8. The summed E-state index contributed by atoms with van der Waals surface area (Å²) in [5, 5.41) is 7.12. The molecule has 1 amide bonds. The number of aromatic nitrogens is 3. The van der Waals surface area contributed by atoms with E-state index in [1.165, 1.54) is 5.56 Å². The van der Waals surface area contributed by atoms with Gasteiger partial charge in [0.25, 0.3) is 5.91 Å². The Balaban J connectivity index is 1.38. The summed E-state index contributed by atoms with van der Waals surface area (Å²) in [6, 6.07) is 11.3. The first-order valence-corrected chi connectivity index (χ1v) is 10.8. The van der Waals surface area contributed by atoms with Gasteiger partial charge in [0.05, 0.1) is 0 Å². The number of benzene rings is 1. The predicted molar refractivity (Wildman–Crippen MR) is 112 cm³/mol. The summed E-state index contributed by atoms with van der Waals surface area (Å²) in [5.74, 6) is 2.51. The summed E-state index contributed by atoms with van der Waals surface area (Å²) in [6.45, 7) is 4.06. The van der Waals surface area contributed by atoms with E-state index in [-0.39, 0.29) is 17.9 Å². The van der Waals surface area contributed by atoms with E-state index in [9.17, 15) is 4.79 Å². The van der Waals surface area contributed by atoms with E-state index >= 15 is 0 Å². The number of pyridine rings is 1. The lowest BCUT2D eigenvalue weighted by Crippen LogP contribution is -2.32. The first-order valence-electron chi connectivity index (χ1n) is 9.86. The van der Waals surface area contributed by atoms with Gasteiger partial charge in [-0.05, 0) is 54.7 Å². The minimum atomic E-state index is -0.304. The first kappa shape index (κ1) is 19.6. The quantitative estimate of drug-likeness (QED) is 0.541. The van der Waals surface area contributed by atoms with Crippen molar-refractivity contribution in [2.75, 3.05) is 0 Å². The van der Waals surface area contributed by atoms with E-state index in [2.05, 4.69) is 26.5 Å². The molecule has 29 heavy (non-hydrogen) atoms. The molecule has 1 atom stereocenters. The van der Waals surface area contributed by atoms with Gasteiger partial charge in [-0.2, -0.15) is 4.98 Å². The van der Waals surface area contributed by atoms with Gasteiger partial charge in [-0.15, -0.1) is 11.8 Å². The van der Waals surface area contributed by atoms with Crippen LogP contribution in [0.2, 0.25) is 0 Å². The van der Waals surface area contributed by atoms with Gasteiger partial charge >= 0.3 is 0 Å². The molecule has 6 nitrogen and oxygen atoms in total. The molecule has 0 saturated heterocycles. The summed E-state index contributed by atoms with van der Waals surface area (Å²) in [5.41, 5.74) is 1.78. The molecule has 0 spiro atoms. The van der Waals surface area contributed by atoms with Crippen molar-refractivity contribution in [3.63, 3.8) is 0 Å². The molecule has 0 bridgehead atoms. The highest BCUT2D eigenvalue weighted by Crippen LogP contribution is 2.38. The molecule has 7 heteroatoms. The molecule has 1 aliphatic carbocycles. The fourth-order valence-electron chi connectivity index (χ4n) is 2.97. The molecule has 150 valence electrons. The third-order valence-corrected chi connectivity index (χ3v) is 5.95. The highest BCUT2D eigenvalue weighted by atomic mass is 32.2. The fourth-order valence-corrected chi connectivity index (χ4v) is 3.80. The van der Waals surface area contributed by atoms with Crippen LogP contribution in [0.3, 0.4) is 0 Å². The average Bonchev–Trinajstić information content (AvgIpc) is 3.48. The Morgan fingerprint density at radius 2 is 2.03 bits per heavy atom. The fraction of sp³-hybridized carbons (Fsp3) is 0.364. The molecule has 1 fully saturated rings. The Hall–Kier alpha value is -2.67. The second kappa shape index (κ2) is 8.78. The van der Waals surface area contributed by atoms with Crippen LogP contribution in [0, 0.1) is 5.92 Å². The number of nitrogens with one attached hydrogen (secondary N) is 1. The van der Waals surface area contributed by atoms with Gasteiger partial charge in [0, 0.05) is 34.5 Å². The Morgan fingerprint density at radius 3 is 2.69 bits per heavy atom. The van der Waals surface area contributed by atoms with E-state index in [4.69, 9.17) is 4.52 Å². The predicted octanol–water partition coefficient (Wildman–Crippen LogP) is 4.76. The van der Waals surface area contributed by atoms with E-state index in [1.54, 1.807) is 18.0 Å². The van der Waals surface area contributed by atoms with Crippen molar-refractivity contribution in [1.29, 1.82) is 0 Å². The summed E-state index contributed by atoms with van der Waals surface area (Å²) in [4.78, 5) is 22.5. The van der Waals surface area contributed by atoms with Crippen molar-refractivity contribution in [2.24, 2.45) is 5.92 Å². The molecule has 0 radical (unpaired) electrons. The summed E-state index contributed by atoms with van der Waals surface area (Å²) >= 11 is 1.72. The van der Waals surface area contributed by atoms with Gasteiger partial charge in [-0.25, -0.2) is 0 Å². The van der Waals surface area contributed by atoms with Crippen molar-refractivity contribution >= 4 is 17.7 Å². The molecule has 1 saturated carbocycles. The highest BCUT2D eigenvalue weighted by molar-refractivity contribution is 7.98. The lowest BCUT2D eigenvalue weighted by molar-refractivity contribution is 0.0914. The van der Waals surface area contributed by atoms with Crippen molar-refractivity contribution < 1.29 is 9.32 Å². The molecule has 1 N–H and O–H groups in total. The smallest absolute Gasteiger partial charge is 0.251 e. The molecule has 1 aromatic carbocycles. The highest BCUT2D eigenvalue weighted by Gasteiger charge is 2.31. The van der Waals surface area contributed by atoms with Crippen LogP contribution in [-0.2, 0) is 5.75 Å². The normalized spacial score (nSPS) is 14.7. The van der Waals surface area contributed by atoms with Gasteiger partial charge in [0.2, 0.25) is 5.89 Å². The largest absolute Gasteiger partial charge is 0.340 e. The summed E-state index contributed by atoms with van der Waals surface area (Å²) in [6.07, 6.45) is 5.87. The number of thioether (sulfide) groups is 1. The van der Waals surface area contributed by atoms with E-state index in [0.29, 0.717) is 17.4 Å². The molecule has 1 aliphatic rings. The SMILES string of the molecule is CC(C)C(NC(=O)c1ccc(SCc2cccnc2)cc1)c1nc(C2CC2)no1. The van der Waals surface area contributed by atoms with Crippen LogP contribution in [0.4, 0.5) is 0 Å². The zero-order valence-corrected chi connectivity index (χ0v) is 17.4. The van der Waals surface area contributed by atoms with Gasteiger partial charge in [-0.3, -0.25) is 9.78 Å². The second-order valence-corrected chi connectivity index (χ2v) is 8.68. The molecule has 0 aliphatic heterocycles. The van der Waals surface area contributed by atoms with Crippen molar-refractivity contribution in [1.82, 2.24) is 20.4 Å². The van der Waals surface area contributed by atoms with Crippen LogP contribution >= 0.6 is 11.8 Å². The molecule has 3 aromatic rings. The lowest BCUT2D eigenvalue weighted by Gasteiger charge is -2.18. The van der Waals surface area contributed by atoms with Gasteiger partial charge in [0.1, 0.15) is 6.04 Å². The number of rotatable bonds is 8. The zero-order chi connectivity index (χ0) is 20.2. The number of hydrogen-bond donors (Lipinski definition) is 1. The monoisotopic (exact) mass is 408 g/mol. The van der Waals surface area contributed by atoms with E-state index in [1.807, 2.05) is 50.4 Å². The number of hydrogen-bond acceptors (Lipinski definition) is 6. The molecule has 2 heterocycles. The minimum Gasteiger partial charge on any atom is -0.340 e. The molecular formula is C22H24N4O2S. The average molecular weight is 409 g/mol. The number of carbonyl (C=O) groups excluding carboxylic acids is 1. The van der Waals surface area contributed by atoms with Crippen LogP contribution < -0.4 is 5.32 Å². The molecule has 4 rings (SSSR count). The number of nitrogens with zero attached hydrogens (tertiary/aromatic N) is 3. The van der Waals surface area contributed by atoms with Gasteiger partial charge < -0.3 is 9.84 Å². The maximum atomic E-state index is 12.8. The third kappa shape index (κ3) is 5.03. The van der Waals surface area contributed by atoms with Crippen LogP contribution in [0.5, 0.6) is 0 Å².